The smallest absolute Gasteiger partial charge is 0.229 e. The highest BCUT2D eigenvalue weighted by Gasteiger charge is 2.29. The van der Waals surface area contributed by atoms with Gasteiger partial charge >= 0.3 is 6.18 Å². The molecule has 0 aliphatic heterocycles. The number of hydrogen-bond acceptors (Lipinski definition) is 2. The number of sulfone groups is 1. The van der Waals surface area contributed by atoms with E-state index in [0.717, 1.165) is 0 Å². The first-order valence-electron chi connectivity index (χ1n) is 4.60. The van der Waals surface area contributed by atoms with Gasteiger partial charge < -0.3 is 0 Å². The number of unbranched alkanes of at least 4 members (excludes halogenated alkanes) is 2. The molecule has 0 unspecified atom stereocenters. The second-order valence-electron chi connectivity index (χ2n) is 3.27. The average molecular weight is 267 g/mol. The van der Waals surface area contributed by atoms with Crippen LogP contribution >= 0.6 is 11.6 Å². The first kappa shape index (κ1) is 15.0. The van der Waals surface area contributed by atoms with Crippen LogP contribution in [-0.4, -0.2) is 32.0 Å². The van der Waals surface area contributed by atoms with Crippen molar-refractivity contribution in [2.24, 2.45) is 0 Å². The van der Waals surface area contributed by atoms with E-state index in [1.54, 1.807) is 0 Å². The molecule has 0 saturated carbocycles. The second-order valence-corrected chi connectivity index (χ2v) is 5.95. The maximum absolute atomic E-state index is 11.7. The van der Waals surface area contributed by atoms with Crippen molar-refractivity contribution >= 4 is 21.4 Å². The molecule has 0 N–H and O–H groups in total. The van der Waals surface area contributed by atoms with E-state index in [2.05, 4.69) is 0 Å². The lowest BCUT2D eigenvalue weighted by Gasteiger charge is -2.06. The Morgan fingerprint density at radius 3 is 2.07 bits per heavy atom. The zero-order valence-corrected chi connectivity index (χ0v) is 9.76. The molecule has 0 aromatic carbocycles. The van der Waals surface area contributed by atoms with Crippen LogP contribution in [0.1, 0.15) is 25.7 Å². The third-order valence-corrected chi connectivity index (χ3v) is 3.79. The lowest BCUT2D eigenvalue weighted by molar-refractivity contribution is -0.129. The predicted molar refractivity (Wildman–Crippen MR) is 53.9 cm³/mol. The van der Waals surface area contributed by atoms with Crippen LogP contribution in [0.25, 0.3) is 0 Å². The molecule has 0 radical (unpaired) electrons. The highest BCUT2D eigenvalue weighted by atomic mass is 35.5. The van der Waals surface area contributed by atoms with E-state index in [4.69, 9.17) is 11.6 Å². The Hall–Kier alpha value is 0.0300. The SMILES string of the molecule is O=S(=O)(CCCCCCl)CCC(F)(F)F. The van der Waals surface area contributed by atoms with E-state index in [9.17, 15) is 21.6 Å². The Morgan fingerprint density at radius 2 is 1.60 bits per heavy atom. The summed E-state index contributed by atoms with van der Waals surface area (Å²) in [7, 11) is -3.56. The molecule has 2 nitrogen and oxygen atoms in total. The molecule has 0 aliphatic carbocycles. The van der Waals surface area contributed by atoms with Crippen molar-refractivity contribution in [1.29, 1.82) is 0 Å². The molecule has 0 aromatic heterocycles. The van der Waals surface area contributed by atoms with E-state index in [1.807, 2.05) is 0 Å². The zero-order valence-electron chi connectivity index (χ0n) is 8.19. The summed E-state index contributed by atoms with van der Waals surface area (Å²) in [6.07, 6.45) is -3.95. The van der Waals surface area contributed by atoms with Crippen LogP contribution in [0.3, 0.4) is 0 Å². The van der Waals surface area contributed by atoms with E-state index < -0.39 is 28.2 Å². The van der Waals surface area contributed by atoms with E-state index in [1.165, 1.54) is 0 Å². The third-order valence-electron chi connectivity index (χ3n) is 1.79. The van der Waals surface area contributed by atoms with Crippen molar-refractivity contribution in [3.8, 4) is 0 Å². The molecule has 0 heterocycles. The summed E-state index contributed by atoms with van der Waals surface area (Å²) in [6, 6.07) is 0. The molecule has 0 spiro atoms. The maximum Gasteiger partial charge on any atom is 0.390 e. The fraction of sp³-hybridized carbons (Fsp3) is 1.00. The molecule has 92 valence electrons. The number of hydrogen-bond donors (Lipinski definition) is 0. The van der Waals surface area contributed by atoms with Gasteiger partial charge in [-0.25, -0.2) is 8.42 Å². The van der Waals surface area contributed by atoms with Crippen LogP contribution in [0, 0.1) is 0 Å². The van der Waals surface area contributed by atoms with Gasteiger partial charge in [0.15, 0.2) is 9.84 Å². The summed E-state index contributed by atoms with van der Waals surface area (Å²) in [6.45, 7) is 0. The third kappa shape index (κ3) is 10.3. The van der Waals surface area contributed by atoms with E-state index in [0.29, 0.717) is 25.1 Å². The van der Waals surface area contributed by atoms with Crippen LogP contribution in [0.15, 0.2) is 0 Å². The van der Waals surface area contributed by atoms with Crippen LogP contribution in [0.2, 0.25) is 0 Å². The molecule has 7 heteroatoms. The number of halogens is 4. The maximum atomic E-state index is 11.7. The van der Waals surface area contributed by atoms with Crippen molar-refractivity contribution in [2.45, 2.75) is 31.9 Å². The quantitative estimate of drug-likeness (QED) is 0.524. The molecule has 0 bridgehead atoms. The average Bonchev–Trinajstić information content (AvgIpc) is 2.09. The Kier molecular flexibility index (Phi) is 6.59. The highest BCUT2D eigenvalue weighted by molar-refractivity contribution is 7.91. The van der Waals surface area contributed by atoms with Crippen LogP contribution in [0.5, 0.6) is 0 Å². The van der Waals surface area contributed by atoms with Crippen LogP contribution in [-0.2, 0) is 9.84 Å². The molecule has 0 amide bonds. The van der Waals surface area contributed by atoms with Gasteiger partial charge in [0.1, 0.15) is 0 Å². The minimum absolute atomic E-state index is 0.181. The summed E-state index contributed by atoms with van der Waals surface area (Å²) >= 11 is 5.37. The van der Waals surface area contributed by atoms with Gasteiger partial charge in [-0.2, -0.15) is 13.2 Å². The summed E-state index contributed by atoms with van der Waals surface area (Å²) in [5.74, 6) is -0.542. The van der Waals surface area contributed by atoms with Crippen molar-refractivity contribution in [1.82, 2.24) is 0 Å². The first-order valence-corrected chi connectivity index (χ1v) is 6.95. The zero-order chi connectivity index (χ0) is 11.9. The Bertz CT molecular complexity index is 262. The van der Waals surface area contributed by atoms with Gasteiger partial charge in [0.2, 0.25) is 0 Å². The Labute approximate surface area is 92.7 Å². The summed E-state index contributed by atoms with van der Waals surface area (Å²) in [5.41, 5.74) is 0. The summed E-state index contributed by atoms with van der Waals surface area (Å²) in [5, 5.41) is 0. The highest BCUT2D eigenvalue weighted by Crippen LogP contribution is 2.20. The van der Waals surface area contributed by atoms with Crippen LogP contribution < -0.4 is 0 Å². The minimum Gasteiger partial charge on any atom is -0.229 e. The van der Waals surface area contributed by atoms with Crippen molar-refractivity contribution < 1.29 is 21.6 Å². The summed E-state index contributed by atoms with van der Waals surface area (Å²) in [4.78, 5) is 0. The van der Waals surface area contributed by atoms with Gasteiger partial charge in [-0.3, -0.25) is 0 Å². The minimum atomic E-state index is -4.40. The molecule has 0 saturated heterocycles. The largest absolute Gasteiger partial charge is 0.390 e. The van der Waals surface area contributed by atoms with Crippen molar-refractivity contribution in [3.63, 3.8) is 0 Å². The number of alkyl halides is 4. The van der Waals surface area contributed by atoms with Gasteiger partial charge in [-0.15, -0.1) is 11.6 Å². The molecule has 0 rings (SSSR count). The number of rotatable bonds is 7. The lowest BCUT2D eigenvalue weighted by atomic mass is 10.3. The fourth-order valence-electron chi connectivity index (χ4n) is 0.967. The fourth-order valence-corrected chi connectivity index (χ4v) is 2.55. The first-order chi connectivity index (χ1) is 6.77. The Morgan fingerprint density at radius 1 is 1.00 bits per heavy atom. The Balaban J connectivity index is 3.78. The van der Waals surface area contributed by atoms with E-state index >= 15 is 0 Å². The predicted octanol–water partition coefficient (Wildman–Crippen LogP) is 2.76. The van der Waals surface area contributed by atoms with Gasteiger partial charge in [0, 0.05) is 5.88 Å². The lowest BCUT2D eigenvalue weighted by Crippen LogP contribution is -2.18. The normalized spacial score (nSPS) is 13.1. The summed E-state index contributed by atoms with van der Waals surface area (Å²) < 4.78 is 57.5. The van der Waals surface area contributed by atoms with Gasteiger partial charge in [-0.05, 0) is 12.8 Å². The molecular formula is C8H14ClF3O2S. The van der Waals surface area contributed by atoms with Crippen molar-refractivity contribution in [2.75, 3.05) is 17.4 Å². The molecule has 0 fully saturated rings. The molecule has 0 aliphatic rings. The van der Waals surface area contributed by atoms with Crippen molar-refractivity contribution in [3.05, 3.63) is 0 Å². The molecular weight excluding hydrogens is 253 g/mol. The topological polar surface area (TPSA) is 34.1 Å². The molecule has 0 aromatic rings. The monoisotopic (exact) mass is 266 g/mol. The standard InChI is InChI=1S/C8H14ClF3O2S/c9-5-2-1-3-6-15(13,14)7-4-8(10,11)12/h1-7H2. The second kappa shape index (κ2) is 6.58. The molecule has 15 heavy (non-hydrogen) atoms. The van der Waals surface area contributed by atoms with E-state index in [-0.39, 0.29) is 5.75 Å². The van der Waals surface area contributed by atoms with Gasteiger partial charge in [0.05, 0.1) is 17.9 Å². The van der Waals surface area contributed by atoms with Gasteiger partial charge in [0.25, 0.3) is 0 Å². The molecule has 0 atom stereocenters. The van der Waals surface area contributed by atoms with Gasteiger partial charge in [-0.1, -0.05) is 6.42 Å². The van der Waals surface area contributed by atoms with Crippen LogP contribution in [0.4, 0.5) is 13.2 Å².